The van der Waals surface area contributed by atoms with E-state index in [4.69, 9.17) is 5.26 Å². The molecule has 0 atom stereocenters. The third kappa shape index (κ3) is 7.98. The van der Waals surface area contributed by atoms with Gasteiger partial charge in [0.05, 0.1) is 22.4 Å². The monoisotopic (exact) mass is 763 g/mol. The van der Waals surface area contributed by atoms with E-state index >= 15 is 0 Å². The molecule has 0 bridgehead atoms. The number of carbonyl (C=O) groups is 2. The largest absolute Gasteiger partial charge is 0.368 e. The lowest BCUT2D eigenvalue weighted by molar-refractivity contribution is 0.0733. The number of fused-ring (bicyclic) bond motifs is 2. The van der Waals surface area contributed by atoms with Crippen LogP contribution in [-0.4, -0.2) is 93.5 Å². The van der Waals surface area contributed by atoms with Gasteiger partial charge in [0.2, 0.25) is 0 Å². The summed E-state index contributed by atoms with van der Waals surface area (Å²) in [5.41, 5.74) is 5.60. The summed E-state index contributed by atoms with van der Waals surface area (Å²) in [6, 6.07) is 30.5. The highest BCUT2D eigenvalue weighted by Crippen LogP contribution is 2.23. The zero-order valence-corrected chi connectivity index (χ0v) is 32.7. The fourth-order valence-electron chi connectivity index (χ4n) is 7.61. The molecule has 2 aliphatic heterocycles. The minimum Gasteiger partial charge on any atom is -0.368 e. The zero-order chi connectivity index (χ0) is 40.2. The number of hydrogen-bond acceptors (Lipinski definition) is 9. The molecule has 2 amide bonds. The summed E-state index contributed by atoms with van der Waals surface area (Å²) in [6.07, 6.45) is 0. The molecule has 4 aromatic carbocycles. The van der Waals surface area contributed by atoms with Crippen LogP contribution in [0.25, 0.3) is 21.5 Å². The minimum absolute atomic E-state index is 0.119. The highest BCUT2D eigenvalue weighted by molar-refractivity contribution is 6.05. The van der Waals surface area contributed by atoms with Gasteiger partial charge in [-0.05, 0) is 74.4 Å². The first kappa shape index (κ1) is 38.5. The van der Waals surface area contributed by atoms with Gasteiger partial charge in [0, 0.05) is 88.1 Å². The molecule has 57 heavy (non-hydrogen) atoms. The van der Waals surface area contributed by atoms with Gasteiger partial charge in [-0.25, -0.2) is 9.36 Å². The van der Waals surface area contributed by atoms with Gasteiger partial charge in [0.25, 0.3) is 22.9 Å². The third-order valence-electron chi connectivity index (χ3n) is 10.6. The van der Waals surface area contributed by atoms with Crippen molar-refractivity contribution in [1.29, 1.82) is 5.26 Å². The summed E-state index contributed by atoms with van der Waals surface area (Å²) in [7, 11) is 1.59. The third-order valence-corrected chi connectivity index (χ3v) is 10.6. The van der Waals surface area contributed by atoms with Gasteiger partial charge in [0.1, 0.15) is 0 Å². The second-order valence-corrected chi connectivity index (χ2v) is 14.4. The summed E-state index contributed by atoms with van der Waals surface area (Å²) < 4.78 is 2.60. The first-order valence-electron chi connectivity index (χ1n) is 19.2. The van der Waals surface area contributed by atoms with Gasteiger partial charge in [-0.1, -0.05) is 48.5 Å². The smallest absolute Gasteiger partial charge is 0.275 e. The quantitative estimate of drug-likeness (QED) is 0.243. The molecule has 6 aromatic rings. The average molecular weight is 764 g/mol. The molecular formula is C44H45N9O4. The summed E-state index contributed by atoms with van der Waals surface area (Å²) in [5, 5.41) is 20.0. The molecule has 0 unspecified atom stereocenters. The predicted molar refractivity (Wildman–Crippen MR) is 222 cm³/mol. The minimum atomic E-state index is -0.188. The Kier molecular flexibility index (Phi) is 11.1. The molecule has 0 saturated carbocycles. The van der Waals surface area contributed by atoms with Gasteiger partial charge < -0.3 is 19.6 Å². The number of rotatable bonds is 5. The van der Waals surface area contributed by atoms with Crippen molar-refractivity contribution in [2.45, 2.75) is 27.3 Å². The maximum absolute atomic E-state index is 13.2. The molecule has 2 aliphatic rings. The van der Waals surface area contributed by atoms with Gasteiger partial charge in [-0.3, -0.25) is 19.2 Å². The van der Waals surface area contributed by atoms with E-state index in [1.807, 2.05) is 42.2 Å². The van der Waals surface area contributed by atoms with Gasteiger partial charge in [0.15, 0.2) is 11.4 Å². The summed E-state index contributed by atoms with van der Waals surface area (Å²) in [6.45, 7) is 11.7. The molecule has 0 N–H and O–H groups in total. The molecule has 0 radical (unpaired) electrons. The van der Waals surface area contributed by atoms with E-state index in [9.17, 15) is 19.2 Å². The number of anilines is 2. The topological polar surface area (TPSA) is 141 Å². The second-order valence-electron chi connectivity index (χ2n) is 14.4. The first-order chi connectivity index (χ1) is 27.6. The molecule has 13 nitrogen and oxygen atoms in total. The molecule has 2 fully saturated rings. The Morgan fingerprint density at radius 1 is 0.614 bits per heavy atom. The fraction of sp³-hybridized carbons (Fsp3) is 0.295. The van der Waals surface area contributed by atoms with Crippen LogP contribution in [0.15, 0.2) is 101 Å². The number of nitrogens with zero attached hydrogens (tertiary/aromatic N) is 9. The fourth-order valence-corrected chi connectivity index (χ4v) is 7.61. The number of piperazine rings is 2. The van der Waals surface area contributed by atoms with E-state index in [-0.39, 0.29) is 22.9 Å². The number of nitriles is 1. The Morgan fingerprint density at radius 2 is 1.11 bits per heavy atom. The van der Waals surface area contributed by atoms with Gasteiger partial charge in [-0.15, -0.1) is 0 Å². The van der Waals surface area contributed by atoms with Crippen LogP contribution in [0.3, 0.4) is 0 Å². The van der Waals surface area contributed by atoms with E-state index in [2.05, 4.69) is 58.1 Å². The molecule has 4 heterocycles. The maximum atomic E-state index is 13.2. The van der Waals surface area contributed by atoms with Gasteiger partial charge >= 0.3 is 0 Å². The van der Waals surface area contributed by atoms with Crippen molar-refractivity contribution < 1.29 is 9.59 Å². The summed E-state index contributed by atoms with van der Waals surface area (Å²) >= 11 is 0. The van der Waals surface area contributed by atoms with Crippen LogP contribution in [-0.2, 0) is 13.6 Å². The van der Waals surface area contributed by atoms with Crippen LogP contribution in [0, 0.1) is 25.2 Å². The molecule has 0 aliphatic carbocycles. The highest BCUT2D eigenvalue weighted by atomic mass is 16.2. The molecule has 290 valence electrons. The SMILES string of the molecule is CCn1nc(C(=O)N2CCN(c3cccc(C#N)c3)CC2)c2ccccc2c1=O.Cc1cc(C)cc(N2CCN(C(=O)c3nn(C)c(=O)c4ccccc34)CC2)c1. The second kappa shape index (κ2) is 16.5. The van der Waals surface area contributed by atoms with Crippen LogP contribution in [0.5, 0.6) is 0 Å². The van der Waals surface area contributed by atoms with E-state index in [1.54, 1.807) is 54.4 Å². The summed E-state index contributed by atoms with van der Waals surface area (Å²) in [5.74, 6) is -0.277. The zero-order valence-electron chi connectivity index (χ0n) is 32.7. The number of aryl methyl sites for hydroxylation is 4. The lowest BCUT2D eigenvalue weighted by Gasteiger charge is -2.36. The Hall–Kier alpha value is -6.81. The van der Waals surface area contributed by atoms with Crippen LogP contribution < -0.4 is 20.9 Å². The van der Waals surface area contributed by atoms with Crippen molar-refractivity contribution in [2.24, 2.45) is 7.05 Å². The summed E-state index contributed by atoms with van der Waals surface area (Å²) in [4.78, 5) is 59.3. The van der Waals surface area contributed by atoms with E-state index < -0.39 is 0 Å². The molecule has 0 spiro atoms. The number of amides is 2. The maximum Gasteiger partial charge on any atom is 0.275 e. The van der Waals surface area contributed by atoms with Crippen LogP contribution in [0.1, 0.15) is 44.6 Å². The van der Waals surface area contributed by atoms with Crippen molar-refractivity contribution in [3.63, 3.8) is 0 Å². The highest BCUT2D eigenvalue weighted by Gasteiger charge is 2.27. The van der Waals surface area contributed by atoms with Crippen molar-refractivity contribution in [3.05, 3.63) is 140 Å². The number of carbonyl (C=O) groups excluding carboxylic acids is 2. The van der Waals surface area contributed by atoms with Crippen molar-refractivity contribution in [2.75, 3.05) is 62.2 Å². The number of aromatic nitrogens is 4. The molecule has 13 heteroatoms. The standard InChI is InChI=1S/C22H21N5O2.C22H24N4O2/c1-2-27-21(28)19-9-4-3-8-18(19)20(24-27)22(29)26-12-10-25(11-13-26)17-7-5-6-16(14-17)15-23;1-15-12-16(2)14-17(13-15)25-8-10-26(11-9-25)22(28)20-18-6-4-5-7-19(18)21(27)24(3)23-20/h3-9,14H,2,10-13H2,1H3;4-7,12-14H,8-11H2,1-3H3. The lowest BCUT2D eigenvalue weighted by Crippen LogP contribution is -2.49. The predicted octanol–water partition coefficient (Wildman–Crippen LogP) is 4.76. The molecule has 2 saturated heterocycles. The Morgan fingerprint density at radius 3 is 1.63 bits per heavy atom. The molecular weight excluding hydrogens is 719 g/mol. The molecule has 8 rings (SSSR count). The normalized spacial score (nSPS) is 14.3. The van der Waals surface area contributed by atoms with E-state index in [0.717, 1.165) is 18.8 Å². The van der Waals surface area contributed by atoms with Crippen LogP contribution in [0.2, 0.25) is 0 Å². The van der Waals surface area contributed by atoms with Crippen molar-refractivity contribution in [3.8, 4) is 6.07 Å². The van der Waals surface area contributed by atoms with Crippen molar-refractivity contribution in [1.82, 2.24) is 29.4 Å². The Bertz CT molecular complexity index is 2630. The van der Waals surface area contributed by atoms with E-state index in [0.29, 0.717) is 84.3 Å². The van der Waals surface area contributed by atoms with Crippen LogP contribution >= 0.6 is 0 Å². The van der Waals surface area contributed by atoms with Gasteiger partial charge in [-0.2, -0.15) is 15.5 Å². The van der Waals surface area contributed by atoms with Crippen LogP contribution in [0.4, 0.5) is 11.4 Å². The first-order valence-corrected chi connectivity index (χ1v) is 19.2. The van der Waals surface area contributed by atoms with E-state index in [1.165, 1.54) is 26.2 Å². The lowest BCUT2D eigenvalue weighted by atomic mass is 10.1. The Labute approximate surface area is 330 Å². The molecule has 2 aromatic heterocycles. The Balaban J connectivity index is 0.000000174. The average Bonchev–Trinajstić information content (AvgIpc) is 3.25. The van der Waals surface area contributed by atoms with Crippen molar-refractivity contribution >= 4 is 44.7 Å². The number of hydrogen-bond donors (Lipinski definition) is 0. The number of benzene rings is 4.